The number of aliphatic hydroxyl groups excluding tert-OH is 1. The Morgan fingerprint density at radius 2 is 2.21 bits per heavy atom. The predicted molar refractivity (Wildman–Crippen MR) is 68.2 cm³/mol. The normalized spacial score (nSPS) is 29.9. The second-order valence-corrected chi connectivity index (χ2v) is 6.22. The first kappa shape index (κ1) is 12.5. The first-order valence-corrected chi connectivity index (χ1v) is 7.41. The van der Waals surface area contributed by atoms with E-state index in [1.54, 1.807) is 0 Å². The van der Waals surface area contributed by atoms with Crippen molar-refractivity contribution in [3.63, 3.8) is 0 Å². The van der Waals surface area contributed by atoms with Crippen LogP contribution in [-0.2, 0) is 0 Å². The molecule has 14 heavy (non-hydrogen) atoms. The van der Waals surface area contributed by atoms with E-state index in [0.29, 0.717) is 10.5 Å². The van der Waals surface area contributed by atoms with E-state index in [1.807, 2.05) is 29.6 Å². The lowest BCUT2D eigenvalue weighted by Crippen LogP contribution is -2.35. The van der Waals surface area contributed by atoms with Crippen LogP contribution in [-0.4, -0.2) is 33.2 Å². The molecule has 3 atom stereocenters. The number of hydrogen-bond acceptors (Lipinski definition) is 3. The summed E-state index contributed by atoms with van der Waals surface area (Å²) in [5, 5.41) is 11.1. The first-order chi connectivity index (χ1) is 6.79. The maximum absolute atomic E-state index is 10.0. The molecule has 1 fully saturated rings. The quantitative estimate of drug-likeness (QED) is 0.736. The summed E-state index contributed by atoms with van der Waals surface area (Å²) in [6.07, 6.45) is 4.73. The molecule has 0 radical (unpaired) electrons. The predicted octanol–water partition coefficient (Wildman–Crippen LogP) is 2.94. The molecular formula is C11H20OS2. The van der Waals surface area contributed by atoms with E-state index in [1.165, 1.54) is 17.9 Å². The van der Waals surface area contributed by atoms with Crippen molar-refractivity contribution in [1.82, 2.24) is 0 Å². The van der Waals surface area contributed by atoms with E-state index < -0.39 is 0 Å². The lowest BCUT2D eigenvalue weighted by Gasteiger charge is -2.33. The van der Waals surface area contributed by atoms with Gasteiger partial charge in [0.2, 0.25) is 0 Å². The Bertz CT molecular complexity index is 173. The van der Waals surface area contributed by atoms with Crippen LogP contribution in [0, 0.1) is 0 Å². The number of hydrogen-bond donors (Lipinski definition) is 1. The molecule has 1 aliphatic rings. The molecule has 82 valence electrons. The van der Waals surface area contributed by atoms with Crippen LogP contribution < -0.4 is 0 Å². The molecule has 3 heteroatoms. The number of allylic oxidation sites excluding steroid dienone is 1. The van der Waals surface area contributed by atoms with Crippen molar-refractivity contribution in [2.45, 2.75) is 42.8 Å². The van der Waals surface area contributed by atoms with Crippen LogP contribution in [0.15, 0.2) is 12.7 Å². The van der Waals surface area contributed by atoms with Crippen LogP contribution in [0.2, 0.25) is 0 Å². The molecule has 0 amide bonds. The van der Waals surface area contributed by atoms with E-state index >= 15 is 0 Å². The van der Waals surface area contributed by atoms with Crippen molar-refractivity contribution in [2.24, 2.45) is 0 Å². The SMILES string of the molecule is C=CCCC(O)C1SCCSC1CC. The highest BCUT2D eigenvalue weighted by molar-refractivity contribution is 8.07. The summed E-state index contributed by atoms with van der Waals surface area (Å²) in [4.78, 5) is 0. The van der Waals surface area contributed by atoms with E-state index in [9.17, 15) is 5.11 Å². The summed E-state index contributed by atoms with van der Waals surface area (Å²) in [5.41, 5.74) is 0. The third-order valence-corrected chi connectivity index (χ3v) is 5.93. The van der Waals surface area contributed by atoms with Gasteiger partial charge in [-0.25, -0.2) is 0 Å². The number of aliphatic hydroxyl groups is 1. The topological polar surface area (TPSA) is 20.2 Å². The van der Waals surface area contributed by atoms with Crippen LogP contribution >= 0.6 is 23.5 Å². The second kappa shape index (κ2) is 6.81. The number of rotatable bonds is 5. The molecule has 1 heterocycles. The molecular weight excluding hydrogens is 212 g/mol. The van der Waals surface area contributed by atoms with Crippen LogP contribution in [0.3, 0.4) is 0 Å². The van der Waals surface area contributed by atoms with Crippen molar-refractivity contribution in [2.75, 3.05) is 11.5 Å². The molecule has 0 aromatic rings. The summed E-state index contributed by atoms with van der Waals surface area (Å²) in [6.45, 7) is 5.91. The lowest BCUT2D eigenvalue weighted by atomic mass is 10.1. The molecule has 0 aromatic carbocycles. The van der Waals surface area contributed by atoms with Crippen molar-refractivity contribution >= 4 is 23.5 Å². The Labute approximate surface area is 95.7 Å². The highest BCUT2D eigenvalue weighted by atomic mass is 32.2. The second-order valence-electron chi connectivity index (χ2n) is 3.59. The molecule has 1 rings (SSSR count). The minimum Gasteiger partial charge on any atom is -0.392 e. The van der Waals surface area contributed by atoms with Gasteiger partial charge in [0, 0.05) is 22.0 Å². The monoisotopic (exact) mass is 232 g/mol. The largest absolute Gasteiger partial charge is 0.392 e. The maximum Gasteiger partial charge on any atom is 0.0672 e. The third kappa shape index (κ3) is 3.52. The van der Waals surface area contributed by atoms with Crippen molar-refractivity contribution in [1.29, 1.82) is 0 Å². The minimum atomic E-state index is -0.143. The van der Waals surface area contributed by atoms with E-state index in [2.05, 4.69) is 13.5 Å². The van der Waals surface area contributed by atoms with Crippen LogP contribution in [0.1, 0.15) is 26.2 Å². The van der Waals surface area contributed by atoms with Gasteiger partial charge in [0.25, 0.3) is 0 Å². The summed E-state index contributed by atoms with van der Waals surface area (Å²) >= 11 is 3.98. The summed E-state index contributed by atoms with van der Waals surface area (Å²) in [7, 11) is 0. The number of thioether (sulfide) groups is 2. The van der Waals surface area contributed by atoms with Crippen LogP contribution in [0.4, 0.5) is 0 Å². The van der Waals surface area contributed by atoms with Gasteiger partial charge in [-0.3, -0.25) is 0 Å². The summed E-state index contributed by atoms with van der Waals surface area (Å²) in [6, 6.07) is 0. The Morgan fingerprint density at radius 3 is 2.86 bits per heavy atom. The van der Waals surface area contributed by atoms with Gasteiger partial charge < -0.3 is 5.11 Å². The summed E-state index contributed by atoms with van der Waals surface area (Å²) < 4.78 is 0. The zero-order valence-electron chi connectivity index (χ0n) is 8.82. The molecule has 3 unspecified atom stereocenters. The van der Waals surface area contributed by atoms with Gasteiger partial charge in [-0.1, -0.05) is 13.0 Å². The smallest absolute Gasteiger partial charge is 0.0672 e. The van der Waals surface area contributed by atoms with E-state index in [4.69, 9.17) is 0 Å². The van der Waals surface area contributed by atoms with Gasteiger partial charge >= 0.3 is 0 Å². The van der Waals surface area contributed by atoms with E-state index in [0.717, 1.165) is 12.8 Å². The average molecular weight is 232 g/mol. The van der Waals surface area contributed by atoms with Gasteiger partial charge in [0.1, 0.15) is 0 Å². The fraction of sp³-hybridized carbons (Fsp3) is 0.818. The molecule has 0 aliphatic carbocycles. The molecule has 1 aliphatic heterocycles. The van der Waals surface area contributed by atoms with E-state index in [-0.39, 0.29) is 6.10 Å². The fourth-order valence-electron chi connectivity index (χ4n) is 1.75. The molecule has 1 saturated heterocycles. The Balaban J connectivity index is 2.41. The third-order valence-electron chi connectivity index (χ3n) is 2.54. The van der Waals surface area contributed by atoms with Crippen LogP contribution in [0.25, 0.3) is 0 Å². The molecule has 0 bridgehead atoms. The Kier molecular flexibility index (Phi) is 6.06. The first-order valence-electron chi connectivity index (χ1n) is 5.31. The summed E-state index contributed by atoms with van der Waals surface area (Å²) in [5.74, 6) is 2.44. The van der Waals surface area contributed by atoms with Gasteiger partial charge in [-0.15, -0.1) is 6.58 Å². The van der Waals surface area contributed by atoms with Gasteiger partial charge in [-0.05, 0) is 19.3 Å². The average Bonchev–Trinajstić information content (AvgIpc) is 2.25. The maximum atomic E-state index is 10.0. The molecule has 0 spiro atoms. The van der Waals surface area contributed by atoms with Crippen molar-refractivity contribution < 1.29 is 5.11 Å². The molecule has 1 nitrogen and oxygen atoms in total. The molecule has 0 aromatic heterocycles. The molecule has 0 saturated carbocycles. The Hall–Kier alpha value is 0.400. The fourth-order valence-corrected chi connectivity index (χ4v) is 4.94. The van der Waals surface area contributed by atoms with Crippen molar-refractivity contribution in [3.05, 3.63) is 12.7 Å². The lowest BCUT2D eigenvalue weighted by molar-refractivity contribution is 0.160. The highest BCUT2D eigenvalue weighted by Gasteiger charge is 2.30. The van der Waals surface area contributed by atoms with Gasteiger partial charge in [0.05, 0.1) is 6.10 Å². The highest BCUT2D eigenvalue weighted by Crippen LogP contribution is 2.36. The zero-order valence-corrected chi connectivity index (χ0v) is 10.4. The van der Waals surface area contributed by atoms with Crippen molar-refractivity contribution in [3.8, 4) is 0 Å². The van der Waals surface area contributed by atoms with Gasteiger partial charge in [0.15, 0.2) is 0 Å². The zero-order chi connectivity index (χ0) is 10.4. The Morgan fingerprint density at radius 1 is 1.50 bits per heavy atom. The van der Waals surface area contributed by atoms with Gasteiger partial charge in [-0.2, -0.15) is 23.5 Å². The van der Waals surface area contributed by atoms with Crippen LogP contribution in [0.5, 0.6) is 0 Å². The molecule has 1 N–H and O–H groups in total. The minimum absolute atomic E-state index is 0.143. The standard InChI is InChI=1S/C11H20OS2/c1-3-5-6-9(12)11-10(4-2)13-7-8-14-11/h3,9-12H,1,4-8H2,2H3.